The van der Waals surface area contributed by atoms with E-state index in [2.05, 4.69) is 0 Å². The smallest absolute Gasteiger partial charge is 0.161 e. The van der Waals surface area contributed by atoms with Gasteiger partial charge in [-0.3, -0.25) is 0 Å². The van der Waals surface area contributed by atoms with E-state index in [4.69, 9.17) is 18.9 Å². The molecule has 21 heavy (non-hydrogen) atoms. The Labute approximate surface area is 126 Å². The van der Waals surface area contributed by atoms with Gasteiger partial charge in [-0.1, -0.05) is 6.07 Å². The molecule has 0 aromatic heterocycles. The summed E-state index contributed by atoms with van der Waals surface area (Å²) in [5, 5.41) is 9.70. The standard InChI is InChI=1S/C16H26O5/c1-5-20-15(18-3)10-12-7-8-14(17)9-13(12)11-16(19-4)21-6-2/h7-9,15-17H,5-6,10-11H2,1-4H3. The van der Waals surface area contributed by atoms with Crippen molar-refractivity contribution >= 4 is 0 Å². The molecule has 0 fully saturated rings. The minimum Gasteiger partial charge on any atom is -0.508 e. The molecule has 0 bridgehead atoms. The Morgan fingerprint density at radius 3 is 1.90 bits per heavy atom. The van der Waals surface area contributed by atoms with Gasteiger partial charge in [0.05, 0.1) is 0 Å². The largest absolute Gasteiger partial charge is 0.508 e. The Hall–Kier alpha value is -1.14. The van der Waals surface area contributed by atoms with Crippen LogP contribution in [0.25, 0.3) is 0 Å². The summed E-state index contributed by atoms with van der Waals surface area (Å²) in [5.74, 6) is 0.227. The van der Waals surface area contributed by atoms with E-state index in [-0.39, 0.29) is 18.3 Å². The molecule has 1 aromatic carbocycles. The van der Waals surface area contributed by atoms with Crippen molar-refractivity contribution in [1.82, 2.24) is 0 Å². The predicted octanol–water partition coefficient (Wildman–Crippen LogP) is 2.50. The van der Waals surface area contributed by atoms with Gasteiger partial charge >= 0.3 is 0 Å². The molecule has 1 rings (SSSR count). The fourth-order valence-corrected chi connectivity index (χ4v) is 2.15. The van der Waals surface area contributed by atoms with E-state index in [1.807, 2.05) is 19.9 Å². The van der Waals surface area contributed by atoms with Crippen molar-refractivity contribution in [2.24, 2.45) is 0 Å². The van der Waals surface area contributed by atoms with Gasteiger partial charge in [0, 0.05) is 40.3 Å². The highest BCUT2D eigenvalue weighted by molar-refractivity contribution is 5.35. The van der Waals surface area contributed by atoms with Crippen LogP contribution in [0.1, 0.15) is 25.0 Å². The summed E-state index contributed by atoms with van der Waals surface area (Å²) in [5.41, 5.74) is 2.02. The average Bonchev–Trinajstić information content (AvgIpc) is 2.48. The van der Waals surface area contributed by atoms with Gasteiger partial charge in [-0.15, -0.1) is 0 Å². The Bertz CT molecular complexity index is 408. The number of benzene rings is 1. The molecule has 0 aliphatic carbocycles. The van der Waals surface area contributed by atoms with Crippen molar-refractivity contribution in [2.45, 2.75) is 39.3 Å². The van der Waals surface area contributed by atoms with Crippen LogP contribution in [0.15, 0.2) is 18.2 Å². The first-order chi connectivity index (χ1) is 10.1. The van der Waals surface area contributed by atoms with E-state index in [1.165, 1.54) is 0 Å². The Balaban J connectivity index is 2.87. The lowest BCUT2D eigenvalue weighted by Crippen LogP contribution is -2.22. The summed E-state index contributed by atoms with van der Waals surface area (Å²) in [6.45, 7) is 5.02. The highest BCUT2D eigenvalue weighted by Gasteiger charge is 2.15. The maximum absolute atomic E-state index is 9.70. The number of phenols is 1. The van der Waals surface area contributed by atoms with Gasteiger partial charge in [-0.05, 0) is 37.1 Å². The first-order valence-corrected chi connectivity index (χ1v) is 7.24. The highest BCUT2D eigenvalue weighted by atomic mass is 16.7. The molecule has 0 aliphatic rings. The number of ether oxygens (including phenoxy) is 4. The summed E-state index contributed by atoms with van der Waals surface area (Å²) >= 11 is 0. The predicted molar refractivity (Wildman–Crippen MR) is 80.4 cm³/mol. The zero-order valence-electron chi connectivity index (χ0n) is 13.3. The maximum atomic E-state index is 9.70. The van der Waals surface area contributed by atoms with E-state index in [0.717, 1.165) is 11.1 Å². The zero-order chi connectivity index (χ0) is 15.7. The molecule has 0 amide bonds. The molecule has 0 saturated carbocycles. The van der Waals surface area contributed by atoms with Crippen molar-refractivity contribution in [2.75, 3.05) is 27.4 Å². The molecule has 1 N–H and O–H groups in total. The lowest BCUT2D eigenvalue weighted by Gasteiger charge is -2.20. The summed E-state index contributed by atoms with van der Waals surface area (Å²) in [4.78, 5) is 0. The molecule has 0 saturated heterocycles. The minimum absolute atomic E-state index is 0.227. The minimum atomic E-state index is -0.330. The van der Waals surface area contributed by atoms with Crippen molar-refractivity contribution in [3.63, 3.8) is 0 Å². The Morgan fingerprint density at radius 1 is 0.905 bits per heavy atom. The third kappa shape index (κ3) is 6.01. The summed E-state index contributed by atoms with van der Waals surface area (Å²) in [6, 6.07) is 5.29. The fraction of sp³-hybridized carbons (Fsp3) is 0.625. The summed E-state index contributed by atoms with van der Waals surface area (Å²) in [6.07, 6.45) is 0.550. The second kappa shape index (κ2) is 9.73. The van der Waals surface area contributed by atoms with E-state index in [1.54, 1.807) is 26.4 Å². The monoisotopic (exact) mass is 298 g/mol. The van der Waals surface area contributed by atoms with Crippen LogP contribution in [0, 0.1) is 0 Å². The number of aromatic hydroxyl groups is 1. The van der Waals surface area contributed by atoms with Crippen molar-refractivity contribution in [3.8, 4) is 5.75 Å². The lowest BCUT2D eigenvalue weighted by molar-refractivity contribution is -0.121. The number of phenolic OH excluding ortho intramolecular Hbond substituents is 1. The van der Waals surface area contributed by atoms with Crippen LogP contribution >= 0.6 is 0 Å². The van der Waals surface area contributed by atoms with Crippen molar-refractivity contribution < 1.29 is 24.1 Å². The maximum Gasteiger partial charge on any atom is 0.161 e. The normalized spacial score (nSPS) is 14.1. The SMILES string of the molecule is CCOC(Cc1ccc(O)cc1CC(OC)OCC)OC. The highest BCUT2D eigenvalue weighted by Crippen LogP contribution is 2.21. The van der Waals surface area contributed by atoms with Gasteiger partial charge < -0.3 is 24.1 Å². The van der Waals surface area contributed by atoms with Crippen LogP contribution < -0.4 is 0 Å². The molecule has 2 atom stereocenters. The summed E-state index contributed by atoms with van der Waals surface area (Å²) in [7, 11) is 3.24. The number of hydrogen-bond acceptors (Lipinski definition) is 5. The molecule has 0 heterocycles. The zero-order valence-corrected chi connectivity index (χ0v) is 13.3. The van der Waals surface area contributed by atoms with E-state index >= 15 is 0 Å². The molecule has 5 nitrogen and oxygen atoms in total. The lowest BCUT2D eigenvalue weighted by atomic mass is 10.0. The van der Waals surface area contributed by atoms with Gasteiger partial charge in [-0.2, -0.15) is 0 Å². The van der Waals surface area contributed by atoms with Crippen LogP contribution in [0.2, 0.25) is 0 Å². The van der Waals surface area contributed by atoms with Crippen molar-refractivity contribution in [3.05, 3.63) is 29.3 Å². The summed E-state index contributed by atoms with van der Waals surface area (Å²) < 4.78 is 21.6. The molecule has 5 heteroatoms. The Morgan fingerprint density at radius 2 is 1.43 bits per heavy atom. The molecule has 0 radical (unpaired) electrons. The van der Waals surface area contributed by atoms with Gasteiger partial charge in [0.2, 0.25) is 0 Å². The topological polar surface area (TPSA) is 57.2 Å². The molecule has 0 aliphatic heterocycles. The van der Waals surface area contributed by atoms with Crippen molar-refractivity contribution in [1.29, 1.82) is 0 Å². The van der Waals surface area contributed by atoms with Gasteiger partial charge in [0.1, 0.15) is 5.75 Å². The van der Waals surface area contributed by atoms with Gasteiger partial charge in [0.15, 0.2) is 12.6 Å². The molecule has 2 unspecified atom stereocenters. The second-order valence-electron chi connectivity index (χ2n) is 4.60. The first kappa shape index (κ1) is 17.9. The third-order valence-electron chi connectivity index (χ3n) is 3.19. The van der Waals surface area contributed by atoms with E-state index in [9.17, 15) is 5.11 Å². The van der Waals surface area contributed by atoms with E-state index < -0.39 is 0 Å². The molecule has 0 spiro atoms. The number of hydrogen-bond donors (Lipinski definition) is 1. The van der Waals surface area contributed by atoms with Gasteiger partial charge in [0.25, 0.3) is 0 Å². The second-order valence-corrected chi connectivity index (χ2v) is 4.60. The third-order valence-corrected chi connectivity index (χ3v) is 3.19. The number of rotatable bonds is 10. The van der Waals surface area contributed by atoms with Crippen LogP contribution in [-0.2, 0) is 31.8 Å². The van der Waals surface area contributed by atoms with E-state index in [0.29, 0.717) is 26.1 Å². The first-order valence-electron chi connectivity index (χ1n) is 7.24. The van der Waals surface area contributed by atoms with Crippen LogP contribution in [0.4, 0.5) is 0 Å². The fourth-order valence-electron chi connectivity index (χ4n) is 2.15. The van der Waals surface area contributed by atoms with Crippen LogP contribution in [0.5, 0.6) is 5.75 Å². The average molecular weight is 298 g/mol. The van der Waals surface area contributed by atoms with Crippen LogP contribution in [0.3, 0.4) is 0 Å². The van der Waals surface area contributed by atoms with Gasteiger partial charge in [-0.25, -0.2) is 0 Å². The quantitative estimate of drug-likeness (QED) is 0.673. The molecular formula is C16H26O5. The van der Waals surface area contributed by atoms with Crippen LogP contribution in [-0.4, -0.2) is 45.1 Å². The molecule has 120 valence electrons. The Kier molecular flexibility index (Phi) is 8.30. The number of methoxy groups -OCH3 is 2. The molecular weight excluding hydrogens is 272 g/mol. The molecule has 1 aromatic rings.